The van der Waals surface area contributed by atoms with E-state index in [2.05, 4.69) is 0 Å². The van der Waals surface area contributed by atoms with Gasteiger partial charge < -0.3 is 10.8 Å². The highest BCUT2D eigenvalue weighted by Crippen LogP contribution is 2.43. The van der Waals surface area contributed by atoms with Crippen molar-refractivity contribution in [2.24, 2.45) is 5.73 Å². The molecule has 0 aromatic heterocycles. The number of benzene rings is 1. The van der Waals surface area contributed by atoms with Gasteiger partial charge in [-0.25, -0.2) is 4.39 Å². The fourth-order valence-corrected chi connectivity index (χ4v) is 1.93. The summed E-state index contributed by atoms with van der Waals surface area (Å²) in [5.74, 6) is -0.718. The Labute approximate surface area is 86.5 Å². The zero-order chi connectivity index (χ0) is 10.3. The van der Waals surface area contributed by atoms with Gasteiger partial charge in [-0.2, -0.15) is 0 Å². The van der Waals surface area contributed by atoms with E-state index in [0.717, 1.165) is 25.3 Å². The second-order valence-corrected chi connectivity index (χ2v) is 4.20. The quantitative estimate of drug-likeness (QED) is 0.756. The first-order valence-electron chi connectivity index (χ1n) is 4.50. The first-order valence-corrected chi connectivity index (χ1v) is 4.88. The molecule has 1 fully saturated rings. The Morgan fingerprint density at radius 3 is 2.57 bits per heavy atom. The van der Waals surface area contributed by atoms with Crippen LogP contribution in [0.25, 0.3) is 0 Å². The number of rotatable bonds is 1. The lowest BCUT2D eigenvalue weighted by molar-refractivity contribution is 0.245. The number of aromatic hydroxyl groups is 1. The maximum Gasteiger partial charge on any atom is 0.145 e. The highest BCUT2D eigenvalue weighted by atomic mass is 35.5. The predicted octanol–water partition coefficient (Wildman–Crippen LogP) is 2.52. The van der Waals surface area contributed by atoms with Crippen molar-refractivity contribution < 1.29 is 9.50 Å². The molecule has 1 aliphatic carbocycles. The summed E-state index contributed by atoms with van der Waals surface area (Å²) in [5, 5.41) is 9.55. The Morgan fingerprint density at radius 2 is 2.07 bits per heavy atom. The highest BCUT2D eigenvalue weighted by molar-refractivity contribution is 6.30. The number of nitrogens with two attached hydrogens (primary N) is 1. The molecule has 0 unspecified atom stereocenters. The molecule has 76 valence electrons. The molecule has 4 heteroatoms. The van der Waals surface area contributed by atoms with E-state index < -0.39 is 11.4 Å². The predicted molar refractivity (Wildman–Crippen MR) is 52.8 cm³/mol. The minimum atomic E-state index is -0.615. The summed E-state index contributed by atoms with van der Waals surface area (Å²) < 4.78 is 12.9. The summed E-state index contributed by atoms with van der Waals surface area (Å²) in [6.07, 6.45) is 2.65. The van der Waals surface area contributed by atoms with Gasteiger partial charge >= 0.3 is 0 Å². The van der Waals surface area contributed by atoms with E-state index >= 15 is 0 Å². The van der Waals surface area contributed by atoms with E-state index in [1.165, 1.54) is 6.07 Å². The summed E-state index contributed by atoms with van der Waals surface area (Å²) >= 11 is 5.63. The van der Waals surface area contributed by atoms with Gasteiger partial charge in [0.25, 0.3) is 0 Å². The molecule has 0 spiro atoms. The van der Waals surface area contributed by atoms with Gasteiger partial charge in [0.05, 0.1) is 5.02 Å². The Hall–Kier alpha value is -0.800. The molecular weight excluding hydrogens is 205 g/mol. The lowest BCUT2D eigenvalue weighted by Gasteiger charge is -2.38. The molecule has 1 aromatic rings. The van der Waals surface area contributed by atoms with Crippen molar-refractivity contribution in [2.45, 2.75) is 24.8 Å². The topological polar surface area (TPSA) is 46.2 Å². The fraction of sp³-hybridized carbons (Fsp3) is 0.400. The minimum absolute atomic E-state index is 0.00882. The lowest BCUT2D eigenvalue weighted by Crippen LogP contribution is -2.43. The third kappa shape index (κ3) is 1.37. The summed E-state index contributed by atoms with van der Waals surface area (Å²) in [7, 11) is 0. The average molecular weight is 216 g/mol. The largest absolute Gasteiger partial charge is 0.507 e. The molecule has 3 N–H and O–H groups in total. The molecule has 0 aliphatic heterocycles. The van der Waals surface area contributed by atoms with E-state index in [9.17, 15) is 9.50 Å². The van der Waals surface area contributed by atoms with Crippen LogP contribution in [0.3, 0.4) is 0 Å². The summed E-state index contributed by atoms with van der Waals surface area (Å²) in [6.45, 7) is 0. The molecule has 0 bridgehead atoms. The van der Waals surface area contributed by atoms with Crippen molar-refractivity contribution in [3.8, 4) is 5.75 Å². The van der Waals surface area contributed by atoms with Gasteiger partial charge in [0.2, 0.25) is 0 Å². The van der Waals surface area contributed by atoms with Crippen molar-refractivity contribution in [1.29, 1.82) is 0 Å². The van der Waals surface area contributed by atoms with Crippen molar-refractivity contribution in [3.05, 3.63) is 28.5 Å². The van der Waals surface area contributed by atoms with Gasteiger partial charge in [0.15, 0.2) is 0 Å². The number of hydrogen-bond donors (Lipinski definition) is 2. The van der Waals surface area contributed by atoms with Gasteiger partial charge in [0.1, 0.15) is 11.6 Å². The van der Waals surface area contributed by atoms with Gasteiger partial charge in [-0.05, 0) is 25.3 Å². The molecule has 0 heterocycles. The van der Waals surface area contributed by atoms with Crippen LogP contribution in [0.15, 0.2) is 12.1 Å². The summed E-state index contributed by atoms with van der Waals surface area (Å²) in [5.41, 5.74) is 6.04. The van der Waals surface area contributed by atoms with Crippen molar-refractivity contribution in [1.82, 2.24) is 0 Å². The monoisotopic (exact) mass is 215 g/mol. The molecule has 2 nitrogen and oxygen atoms in total. The molecule has 0 radical (unpaired) electrons. The lowest BCUT2D eigenvalue weighted by atomic mass is 9.72. The van der Waals surface area contributed by atoms with Crippen LogP contribution in [0.1, 0.15) is 24.8 Å². The first kappa shape index (κ1) is 9.74. The van der Waals surface area contributed by atoms with E-state index in [4.69, 9.17) is 17.3 Å². The molecule has 0 amide bonds. The zero-order valence-corrected chi connectivity index (χ0v) is 8.31. The van der Waals surface area contributed by atoms with E-state index in [-0.39, 0.29) is 10.8 Å². The van der Waals surface area contributed by atoms with Gasteiger partial charge in [-0.15, -0.1) is 0 Å². The highest BCUT2D eigenvalue weighted by Gasteiger charge is 2.36. The number of phenols is 1. The van der Waals surface area contributed by atoms with Crippen molar-refractivity contribution in [3.63, 3.8) is 0 Å². The Balaban J connectivity index is 2.48. The molecule has 1 aromatic carbocycles. The van der Waals surface area contributed by atoms with E-state index in [1.54, 1.807) is 0 Å². The van der Waals surface area contributed by atoms with Crippen LogP contribution in [0.5, 0.6) is 5.75 Å². The normalized spacial score (nSPS) is 19.1. The molecule has 1 saturated carbocycles. The van der Waals surface area contributed by atoms with Crippen LogP contribution in [0.2, 0.25) is 5.02 Å². The molecule has 0 atom stereocenters. The maximum atomic E-state index is 12.9. The van der Waals surface area contributed by atoms with Crippen LogP contribution in [0, 0.1) is 5.82 Å². The molecule has 0 saturated heterocycles. The summed E-state index contributed by atoms with van der Waals surface area (Å²) in [4.78, 5) is 0. The van der Waals surface area contributed by atoms with Crippen LogP contribution in [-0.4, -0.2) is 5.11 Å². The minimum Gasteiger partial charge on any atom is -0.507 e. The van der Waals surface area contributed by atoms with Gasteiger partial charge in [-0.1, -0.05) is 11.6 Å². The molecule has 14 heavy (non-hydrogen) atoms. The number of halogens is 2. The van der Waals surface area contributed by atoms with Crippen LogP contribution >= 0.6 is 11.6 Å². The van der Waals surface area contributed by atoms with Crippen molar-refractivity contribution >= 4 is 11.6 Å². The second kappa shape index (κ2) is 3.11. The summed E-state index contributed by atoms with van der Waals surface area (Å²) in [6, 6.07) is 2.44. The Kier molecular flexibility index (Phi) is 2.16. The van der Waals surface area contributed by atoms with Gasteiger partial charge in [0, 0.05) is 17.2 Å². The van der Waals surface area contributed by atoms with Crippen LogP contribution < -0.4 is 5.73 Å². The Bertz CT molecular complexity index is 377. The van der Waals surface area contributed by atoms with Crippen LogP contribution in [0.4, 0.5) is 4.39 Å². The van der Waals surface area contributed by atoms with Crippen molar-refractivity contribution in [2.75, 3.05) is 0 Å². The molecular formula is C10H11ClFNO. The SMILES string of the molecule is NC1(c2cc(Cl)c(F)cc2O)CCC1. The van der Waals surface area contributed by atoms with Crippen LogP contribution in [-0.2, 0) is 5.54 Å². The fourth-order valence-electron chi connectivity index (χ4n) is 1.76. The maximum absolute atomic E-state index is 12.9. The molecule has 1 aliphatic rings. The first-order chi connectivity index (χ1) is 6.53. The second-order valence-electron chi connectivity index (χ2n) is 3.79. The number of hydrogen-bond acceptors (Lipinski definition) is 2. The Morgan fingerprint density at radius 1 is 1.43 bits per heavy atom. The average Bonchev–Trinajstić information content (AvgIpc) is 2.07. The van der Waals surface area contributed by atoms with E-state index in [0.29, 0.717) is 5.56 Å². The standard InChI is InChI=1S/C10H11ClFNO/c11-7-4-6(9(14)5-8(7)12)10(13)2-1-3-10/h4-5,14H,1-3,13H2. The van der Waals surface area contributed by atoms with Gasteiger partial charge in [-0.3, -0.25) is 0 Å². The smallest absolute Gasteiger partial charge is 0.145 e. The zero-order valence-electron chi connectivity index (χ0n) is 7.56. The third-order valence-corrected chi connectivity index (χ3v) is 3.11. The van der Waals surface area contributed by atoms with E-state index in [1.807, 2.05) is 0 Å². The molecule has 2 rings (SSSR count). The number of phenolic OH excluding ortho intramolecular Hbond substituents is 1. The third-order valence-electron chi connectivity index (χ3n) is 2.82.